The van der Waals surface area contributed by atoms with Gasteiger partial charge in [-0.15, -0.1) is 0 Å². The summed E-state index contributed by atoms with van der Waals surface area (Å²) in [6, 6.07) is 0. The molecule has 1 nitrogen and oxygen atoms in total. The van der Waals surface area contributed by atoms with Crippen molar-refractivity contribution < 1.29 is 13.5 Å². The molecule has 0 aromatic rings. The first kappa shape index (κ1) is 19.5. The van der Waals surface area contributed by atoms with Gasteiger partial charge in [0.25, 0.3) is 0 Å². The SMILES string of the molecule is CC1CCC(C23CCC(OCC45CCC(C)(CC4)C(F)=C5F)(CC2)CC3)CC1. The van der Waals surface area contributed by atoms with Crippen molar-refractivity contribution in [3.05, 3.63) is 11.7 Å². The van der Waals surface area contributed by atoms with E-state index in [4.69, 9.17) is 4.74 Å². The molecular formula is C25H38F2O. The summed E-state index contributed by atoms with van der Waals surface area (Å²) >= 11 is 0. The van der Waals surface area contributed by atoms with Gasteiger partial charge in [0, 0.05) is 10.8 Å². The van der Waals surface area contributed by atoms with Crippen LogP contribution in [0.25, 0.3) is 0 Å². The average molecular weight is 393 g/mol. The van der Waals surface area contributed by atoms with Crippen LogP contribution in [0.2, 0.25) is 0 Å². The summed E-state index contributed by atoms with van der Waals surface area (Å²) in [6.07, 6.45) is 16.0. The Balaban J connectivity index is 1.24. The van der Waals surface area contributed by atoms with Gasteiger partial charge in [0.2, 0.25) is 0 Å². The summed E-state index contributed by atoms with van der Waals surface area (Å²) in [4.78, 5) is 0. The number of halogens is 2. The number of hydrogen-bond acceptors (Lipinski definition) is 1. The van der Waals surface area contributed by atoms with Gasteiger partial charge in [0.15, 0.2) is 0 Å². The highest BCUT2D eigenvalue weighted by Crippen LogP contribution is 2.63. The minimum atomic E-state index is -0.665. The first-order valence-corrected chi connectivity index (χ1v) is 12.0. The van der Waals surface area contributed by atoms with E-state index in [9.17, 15) is 8.78 Å². The van der Waals surface area contributed by atoms with E-state index in [1.54, 1.807) is 0 Å². The van der Waals surface area contributed by atoms with Gasteiger partial charge in [-0.1, -0.05) is 26.7 Å². The molecule has 0 saturated heterocycles. The average Bonchev–Trinajstić information content (AvgIpc) is 2.73. The Hall–Kier alpha value is -0.440. The topological polar surface area (TPSA) is 9.23 Å². The van der Waals surface area contributed by atoms with E-state index < -0.39 is 22.5 Å². The maximum Gasteiger partial charge on any atom is 0.140 e. The maximum atomic E-state index is 14.9. The van der Waals surface area contributed by atoms with Crippen molar-refractivity contribution in [1.82, 2.24) is 0 Å². The third kappa shape index (κ3) is 2.85. The molecule has 5 fully saturated rings. The van der Waals surface area contributed by atoms with E-state index in [0.29, 0.717) is 12.0 Å². The van der Waals surface area contributed by atoms with Crippen molar-refractivity contribution in [3.63, 3.8) is 0 Å². The number of allylic oxidation sites excluding steroid dienone is 1. The molecule has 28 heavy (non-hydrogen) atoms. The highest BCUT2D eigenvalue weighted by molar-refractivity contribution is 5.26. The van der Waals surface area contributed by atoms with Crippen LogP contribution in [0.4, 0.5) is 8.78 Å². The zero-order valence-corrected chi connectivity index (χ0v) is 17.9. The Morgan fingerprint density at radius 1 is 0.786 bits per heavy atom. The van der Waals surface area contributed by atoms with E-state index in [1.807, 2.05) is 6.92 Å². The van der Waals surface area contributed by atoms with Crippen molar-refractivity contribution in [2.75, 3.05) is 6.61 Å². The predicted octanol–water partition coefficient (Wildman–Crippen LogP) is 7.65. The quantitative estimate of drug-likeness (QED) is 0.477. The number of fused-ring (bicyclic) bond motifs is 5. The minimum Gasteiger partial charge on any atom is -0.374 e. The van der Waals surface area contributed by atoms with E-state index in [0.717, 1.165) is 56.8 Å². The van der Waals surface area contributed by atoms with Gasteiger partial charge < -0.3 is 4.74 Å². The standard InChI is InChI=1S/C25H38F2O/c1-18-3-5-19(6-4-18)23-11-14-25(15-12-23,16-13-23)28-17-24-9-7-22(2,8-10-24)20(26)21(24)27/h18-19H,3-17H2,1-2H3. The van der Waals surface area contributed by atoms with Gasteiger partial charge in [-0.2, -0.15) is 0 Å². The van der Waals surface area contributed by atoms with E-state index in [-0.39, 0.29) is 5.60 Å². The van der Waals surface area contributed by atoms with Crippen molar-refractivity contribution >= 4 is 0 Å². The summed E-state index contributed by atoms with van der Waals surface area (Å²) in [6.45, 7) is 4.69. The molecule has 7 rings (SSSR count). The van der Waals surface area contributed by atoms with Crippen molar-refractivity contribution in [2.24, 2.45) is 28.1 Å². The minimum absolute atomic E-state index is 0.0482. The molecule has 0 aromatic heterocycles. The van der Waals surface area contributed by atoms with E-state index >= 15 is 0 Å². The van der Waals surface area contributed by atoms with Crippen LogP contribution in [0.3, 0.4) is 0 Å². The Bertz CT molecular complexity index is 625. The summed E-state index contributed by atoms with van der Waals surface area (Å²) in [5.41, 5.74) is -0.690. The van der Waals surface area contributed by atoms with Crippen LogP contribution >= 0.6 is 0 Å². The van der Waals surface area contributed by atoms with Gasteiger partial charge >= 0.3 is 0 Å². The fourth-order valence-corrected chi connectivity index (χ4v) is 7.60. The summed E-state index contributed by atoms with van der Waals surface area (Å²) in [5, 5.41) is 0. The highest BCUT2D eigenvalue weighted by atomic mass is 19.2. The Labute approximate surface area is 169 Å². The van der Waals surface area contributed by atoms with Crippen LogP contribution in [0.15, 0.2) is 11.7 Å². The van der Waals surface area contributed by atoms with Crippen molar-refractivity contribution in [3.8, 4) is 0 Å². The molecule has 7 aliphatic rings. The maximum absolute atomic E-state index is 14.9. The smallest absolute Gasteiger partial charge is 0.140 e. The van der Waals surface area contributed by atoms with Crippen molar-refractivity contribution in [2.45, 2.75) is 109 Å². The molecule has 0 amide bonds. The molecule has 158 valence electrons. The van der Waals surface area contributed by atoms with Crippen LogP contribution in [0.5, 0.6) is 0 Å². The highest BCUT2D eigenvalue weighted by Gasteiger charge is 2.56. The van der Waals surface area contributed by atoms with Crippen LogP contribution in [-0.2, 0) is 4.74 Å². The molecule has 0 heterocycles. The van der Waals surface area contributed by atoms with E-state index in [2.05, 4.69) is 6.92 Å². The fourth-order valence-electron chi connectivity index (χ4n) is 7.60. The Morgan fingerprint density at radius 3 is 1.93 bits per heavy atom. The number of hydrogen-bond donors (Lipinski definition) is 0. The second-order valence-corrected chi connectivity index (χ2v) is 11.8. The summed E-state index contributed by atoms with van der Waals surface area (Å²) < 4.78 is 36.1. The predicted molar refractivity (Wildman–Crippen MR) is 108 cm³/mol. The first-order chi connectivity index (χ1) is 13.3. The zero-order chi connectivity index (χ0) is 19.6. The largest absolute Gasteiger partial charge is 0.374 e. The van der Waals surface area contributed by atoms with Gasteiger partial charge in [-0.3, -0.25) is 0 Å². The lowest BCUT2D eigenvalue weighted by atomic mass is 9.51. The molecule has 0 aliphatic heterocycles. The molecule has 0 spiro atoms. The molecule has 3 heteroatoms. The molecule has 0 N–H and O–H groups in total. The molecule has 5 saturated carbocycles. The zero-order valence-electron chi connectivity index (χ0n) is 17.9. The van der Waals surface area contributed by atoms with E-state index in [1.165, 1.54) is 44.9 Å². The Kier molecular flexibility index (Phi) is 4.55. The molecule has 0 unspecified atom stereocenters. The third-order valence-electron chi connectivity index (χ3n) is 10.3. The molecule has 0 atom stereocenters. The lowest BCUT2D eigenvalue weighted by molar-refractivity contribution is -0.175. The normalized spacial score (nSPS) is 51.0. The lowest BCUT2D eigenvalue weighted by Gasteiger charge is -2.58. The third-order valence-corrected chi connectivity index (χ3v) is 10.3. The van der Waals surface area contributed by atoms with Crippen LogP contribution in [-0.4, -0.2) is 12.2 Å². The van der Waals surface area contributed by atoms with Crippen LogP contribution in [0.1, 0.15) is 104 Å². The fraction of sp³-hybridized carbons (Fsp3) is 0.920. The summed E-state index contributed by atoms with van der Waals surface area (Å²) in [7, 11) is 0. The second kappa shape index (κ2) is 6.53. The molecule has 7 aliphatic carbocycles. The van der Waals surface area contributed by atoms with Crippen molar-refractivity contribution in [1.29, 1.82) is 0 Å². The van der Waals surface area contributed by atoms with Crippen LogP contribution in [0, 0.1) is 28.1 Å². The molecule has 0 radical (unpaired) electrons. The summed E-state index contributed by atoms with van der Waals surface area (Å²) in [5.74, 6) is 0.896. The first-order valence-electron chi connectivity index (χ1n) is 12.0. The molecular weight excluding hydrogens is 354 g/mol. The lowest BCUT2D eigenvalue weighted by Crippen LogP contribution is -2.53. The second-order valence-electron chi connectivity index (χ2n) is 11.8. The molecule has 0 aromatic carbocycles. The molecule has 4 bridgehead atoms. The van der Waals surface area contributed by atoms with Gasteiger partial charge in [0.05, 0.1) is 12.2 Å². The van der Waals surface area contributed by atoms with Gasteiger partial charge in [-0.25, -0.2) is 8.78 Å². The van der Waals surface area contributed by atoms with Gasteiger partial charge in [-0.05, 0) is 94.3 Å². The van der Waals surface area contributed by atoms with Gasteiger partial charge in [0.1, 0.15) is 11.7 Å². The monoisotopic (exact) mass is 392 g/mol. The number of ether oxygens (including phenoxy) is 1. The van der Waals surface area contributed by atoms with Crippen LogP contribution < -0.4 is 0 Å². The Morgan fingerprint density at radius 2 is 1.36 bits per heavy atom. The number of rotatable bonds is 4.